The van der Waals surface area contributed by atoms with Gasteiger partial charge in [0, 0.05) is 34.0 Å². The molecule has 4 nitrogen and oxygen atoms in total. The van der Waals surface area contributed by atoms with Gasteiger partial charge >= 0.3 is 0 Å². The first-order valence-corrected chi connectivity index (χ1v) is 9.30. The Morgan fingerprint density at radius 3 is 2.56 bits per heavy atom. The molecule has 25 heavy (non-hydrogen) atoms. The molecular formula is C19H21FIN3O. The fourth-order valence-electron chi connectivity index (χ4n) is 3.03. The number of likely N-dealkylation sites (N-methyl/N-ethyl adjacent to an activating group) is 1. The van der Waals surface area contributed by atoms with E-state index in [0.29, 0.717) is 23.0 Å². The van der Waals surface area contributed by atoms with E-state index in [1.807, 2.05) is 26.2 Å². The van der Waals surface area contributed by atoms with Crippen molar-refractivity contribution < 1.29 is 9.18 Å². The molecule has 0 radical (unpaired) electrons. The van der Waals surface area contributed by atoms with Gasteiger partial charge in [-0.25, -0.2) is 4.39 Å². The molecule has 1 aliphatic rings. The van der Waals surface area contributed by atoms with Crippen LogP contribution in [0, 0.1) is 9.39 Å². The Kier molecular flexibility index (Phi) is 5.58. The summed E-state index contributed by atoms with van der Waals surface area (Å²) >= 11 is 2.19. The fourth-order valence-corrected chi connectivity index (χ4v) is 3.39. The molecule has 0 unspecified atom stereocenters. The summed E-state index contributed by atoms with van der Waals surface area (Å²) in [6, 6.07) is 12.6. The first kappa shape index (κ1) is 18.1. The molecule has 1 heterocycles. The van der Waals surface area contributed by atoms with E-state index in [1.54, 1.807) is 24.3 Å². The zero-order valence-corrected chi connectivity index (χ0v) is 16.5. The van der Waals surface area contributed by atoms with Gasteiger partial charge in [-0.2, -0.15) is 0 Å². The molecule has 1 amide bonds. The van der Waals surface area contributed by atoms with E-state index in [-0.39, 0.29) is 11.7 Å². The summed E-state index contributed by atoms with van der Waals surface area (Å²) in [5, 5.41) is 2.76. The summed E-state index contributed by atoms with van der Waals surface area (Å²) in [5.74, 6) is -0.544. The van der Waals surface area contributed by atoms with Gasteiger partial charge in [-0.15, -0.1) is 0 Å². The van der Waals surface area contributed by atoms with E-state index in [9.17, 15) is 9.18 Å². The van der Waals surface area contributed by atoms with Crippen molar-refractivity contribution in [2.75, 3.05) is 37.4 Å². The van der Waals surface area contributed by atoms with Crippen LogP contribution in [0.5, 0.6) is 0 Å². The highest BCUT2D eigenvalue weighted by molar-refractivity contribution is 14.1. The van der Waals surface area contributed by atoms with Crippen LogP contribution in [-0.2, 0) is 0 Å². The van der Waals surface area contributed by atoms with Crippen LogP contribution >= 0.6 is 22.6 Å². The normalized spacial score (nSPS) is 17.2. The van der Waals surface area contributed by atoms with Gasteiger partial charge in [0.15, 0.2) is 0 Å². The lowest BCUT2D eigenvalue weighted by atomic mass is 10.2. The molecule has 3 rings (SSSR count). The molecule has 2 aromatic rings. The molecule has 6 heteroatoms. The third-order valence-corrected chi connectivity index (χ3v) is 5.27. The van der Waals surface area contributed by atoms with E-state index in [4.69, 9.17) is 0 Å². The monoisotopic (exact) mass is 453 g/mol. The van der Waals surface area contributed by atoms with Crippen molar-refractivity contribution in [2.45, 2.75) is 12.5 Å². The highest BCUT2D eigenvalue weighted by atomic mass is 127. The quantitative estimate of drug-likeness (QED) is 0.716. The van der Waals surface area contributed by atoms with Gasteiger partial charge in [0.05, 0.1) is 5.69 Å². The van der Waals surface area contributed by atoms with Crippen LogP contribution in [0.2, 0.25) is 0 Å². The lowest BCUT2D eigenvalue weighted by molar-refractivity contribution is 0.102. The second-order valence-corrected chi connectivity index (χ2v) is 7.72. The fraction of sp³-hybridized carbons (Fsp3) is 0.316. The number of hydrogen-bond acceptors (Lipinski definition) is 3. The molecule has 132 valence electrons. The predicted molar refractivity (Wildman–Crippen MR) is 108 cm³/mol. The summed E-state index contributed by atoms with van der Waals surface area (Å²) in [5.41, 5.74) is 1.61. The zero-order valence-electron chi connectivity index (χ0n) is 14.3. The van der Waals surface area contributed by atoms with Crippen LogP contribution in [-0.4, -0.2) is 44.0 Å². The smallest absolute Gasteiger partial charge is 0.255 e. The molecular weight excluding hydrogens is 432 g/mol. The molecule has 1 N–H and O–H groups in total. The Bertz CT molecular complexity index is 764. The minimum Gasteiger partial charge on any atom is -0.368 e. The minimum atomic E-state index is -0.306. The third-order valence-electron chi connectivity index (χ3n) is 4.55. The van der Waals surface area contributed by atoms with Gasteiger partial charge in [-0.3, -0.25) is 4.79 Å². The second kappa shape index (κ2) is 7.70. The lowest BCUT2D eigenvalue weighted by Gasteiger charge is -2.22. The van der Waals surface area contributed by atoms with Crippen molar-refractivity contribution >= 4 is 39.9 Å². The number of halogens is 2. The third kappa shape index (κ3) is 4.30. The molecule has 2 aromatic carbocycles. The largest absolute Gasteiger partial charge is 0.368 e. The number of carbonyl (C=O) groups is 1. The summed E-state index contributed by atoms with van der Waals surface area (Å²) < 4.78 is 15.6. The van der Waals surface area contributed by atoms with E-state index in [1.165, 1.54) is 6.07 Å². The molecule has 0 aromatic heterocycles. The number of nitrogens with one attached hydrogen (secondary N) is 1. The number of nitrogens with zero attached hydrogens (tertiary/aromatic N) is 2. The van der Waals surface area contributed by atoms with Crippen molar-refractivity contribution in [3.8, 4) is 0 Å². The molecule has 1 atom stereocenters. The number of rotatable bonds is 4. The Labute approximate surface area is 161 Å². The van der Waals surface area contributed by atoms with Gasteiger partial charge < -0.3 is 15.1 Å². The minimum absolute atomic E-state index is 0.239. The Morgan fingerprint density at radius 1 is 1.24 bits per heavy atom. The van der Waals surface area contributed by atoms with E-state index < -0.39 is 0 Å². The molecule has 1 aliphatic heterocycles. The number of hydrogen-bond donors (Lipinski definition) is 1. The maximum absolute atomic E-state index is 14.5. The highest BCUT2D eigenvalue weighted by Crippen LogP contribution is 2.27. The first-order valence-electron chi connectivity index (χ1n) is 8.22. The maximum atomic E-state index is 14.5. The molecule has 1 fully saturated rings. The number of benzene rings is 2. The second-order valence-electron chi connectivity index (χ2n) is 6.48. The molecule has 0 saturated carbocycles. The summed E-state index contributed by atoms with van der Waals surface area (Å²) in [6.07, 6.45) is 1.03. The van der Waals surface area contributed by atoms with Gasteiger partial charge in [-0.1, -0.05) is 0 Å². The summed E-state index contributed by atoms with van der Waals surface area (Å²) in [6.45, 7) is 1.66. The number of anilines is 2. The number of carbonyl (C=O) groups excluding carboxylic acids is 1. The van der Waals surface area contributed by atoms with Gasteiger partial charge in [-0.05, 0) is 85.6 Å². The Hall–Kier alpha value is -1.67. The average molecular weight is 453 g/mol. The predicted octanol–water partition coefficient (Wildman–Crippen LogP) is 3.82. The van der Waals surface area contributed by atoms with E-state index in [2.05, 4.69) is 37.7 Å². The van der Waals surface area contributed by atoms with Crippen LogP contribution in [0.1, 0.15) is 16.8 Å². The maximum Gasteiger partial charge on any atom is 0.255 e. The van der Waals surface area contributed by atoms with Crippen LogP contribution < -0.4 is 10.2 Å². The van der Waals surface area contributed by atoms with Crippen molar-refractivity contribution in [3.63, 3.8) is 0 Å². The SMILES string of the molecule is CN(C)[C@@H]1CCN(c2ccc(NC(=O)c3ccc(I)cc3)cc2F)C1. The zero-order chi connectivity index (χ0) is 18.0. The summed E-state index contributed by atoms with van der Waals surface area (Å²) in [7, 11) is 4.10. The van der Waals surface area contributed by atoms with Crippen LogP contribution in [0.25, 0.3) is 0 Å². The number of amides is 1. The van der Waals surface area contributed by atoms with Gasteiger partial charge in [0.25, 0.3) is 5.91 Å². The van der Waals surface area contributed by atoms with E-state index in [0.717, 1.165) is 23.1 Å². The van der Waals surface area contributed by atoms with Gasteiger partial charge in [0.2, 0.25) is 0 Å². The molecule has 0 aliphatic carbocycles. The first-order chi connectivity index (χ1) is 11.9. The topological polar surface area (TPSA) is 35.6 Å². The van der Waals surface area contributed by atoms with Crippen molar-refractivity contribution in [2.24, 2.45) is 0 Å². The Balaban J connectivity index is 1.70. The van der Waals surface area contributed by atoms with Gasteiger partial charge in [0.1, 0.15) is 5.82 Å². The van der Waals surface area contributed by atoms with Crippen LogP contribution in [0.15, 0.2) is 42.5 Å². The molecule has 0 spiro atoms. The lowest BCUT2D eigenvalue weighted by Crippen LogP contribution is -2.31. The van der Waals surface area contributed by atoms with Crippen molar-refractivity contribution in [3.05, 3.63) is 57.4 Å². The van der Waals surface area contributed by atoms with Crippen LogP contribution in [0.3, 0.4) is 0 Å². The molecule has 1 saturated heterocycles. The van der Waals surface area contributed by atoms with Crippen LogP contribution in [0.4, 0.5) is 15.8 Å². The molecule has 0 bridgehead atoms. The standard InChI is InChI=1S/C19H21FIN3O/c1-23(2)16-9-10-24(12-16)18-8-7-15(11-17(18)20)22-19(25)13-3-5-14(21)6-4-13/h3-8,11,16H,9-10,12H2,1-2H3,(H,22,25)/t16-/m1/s1. The van der Waals surface area contributed by atoms with Crippen molar-refractivity contribution in [1.82, 2.24) is 4.90 Å². The Morgan fingerprint density at radius 2 is 1.96 bits per heavy atom. The van der Waals surface area contributed by atoms with Crippen molar-refractivity contribution in [1.29, 1.82) is 0 Å². The average Bonchev–Trinajstić information content (AvgIpc) is 3.05. The van der Waals surface area contributed by atoms with E-state index >= 15 is 0 Å². The highest BCUT2D eigenvalue weighted by Gasteiger charge is 2.25. The summed E-state index contributed by atoms with van der Waals surface area (Å²) in [4.78, 5) is 16.5.